The van der Waals surface area contributed by atoms with Crippen molar-refractivity contribution in [2.24, 2.45) is 11.3 Å². The number of benzene rings is 2. The highest BCUT2D eigenvalue weighted by molar-refractivity contribution is 5.94. The van der Waals surface area contributed by atoms with E-state index in [4.69, 9.17) is 9.47 Å². The van der Waals surface area contributed by atoms with E-state index in [1.165, 1.54) is 0 Å². The molecule has 2 saturated heterocycles. The zero-order valence-corrected chi connectivity index (χ0v) is 25.3. The van der Waals surface area contributed by atoms with Crippen molar-refractivity contribution >= 4 is 12.0 Å². The van der Waals surface area contributed by atoms with Crippen LogP contribution in [0.15, 0.2) is 48.5 Å². The monoisotopic (exact) mass is 566 g/mol. The molecule has 2 aliphatic heterocycles. The van der Waals surface area contributed by atoms with E-state index in [1.807, 2.05) is 58.0 Å². The van der Waals surface area contributed by atoms with Gasteiger partial charge in [-0.05, 0) is 74.3 Å². The van der Waals surface area contributed by atoms with Crippen LogP contribution >= 0.6 is 0 Å². The van der Waals surface area contributed by atoms with Gasteiger partial charge in [-0.1, -0.05) is 57.2 Å². The van der Waals surface area contributed by atoms with Crippen LogP contribution in [-0.2, 0) is 15.1 Å². The lowest BCUT2D eigenvalue weighted by Gasteiger charge is -2.56. The van der Waals surface area contributed by atoms with Crippen LogP contribution in [0.5, 0.6) is 0 Å². The number of hydrogen-bond acceptors (Lipinski definition) is 6. The van der Waals surface area contributed by atoms with Gasteiger partial charge in [0.25, 0.3) is 5.91 Å². The lowest BCUT2D eigenvalue weighted by atomic mass is 9.61. The number of rotatable bonds is 8. The van der Waals surface area contributed by atoms with Crippen molar-refractivity contribution < 1.29 is 29.3 Å². The van der Waals surface area contributed by atoms with Crippen molar-refractivity contribution in [2.45, 2.75) is 77.5 Å². The van der Waals surface area contributed by atoms with E-state index in [1.54, 1.807) is 23.1 Å². The highest BCUT2D eigenvalue weighted by Crippen LogP contribution is 2.51. The molecule has 2 aromatic carbocycles. The Labute approximate surface area is 244 Å². The summed E-state index contributed by atoms with van der Waals surface area (Å²) in [6.45, 7) is 13.4. The van der Waals surface area contributed by atoms with Gasteiger partial charge in [-0.15, -0.1) is 0 Å². The topological polar surface area (TPSA) is 108 Å². The van der Waals surface area contributed by atoms with Gasteiger partial charge >= 0.3 is 6.09 Å². The van der Waals surface area contributed by atoms with E-state index >= 15 is 0 Å². The summed E-state index contributed by atoms with van der Waals surface area (Å²) in [6, 6.07) is 14.6. The molecule has 2 amide bonds. The van der Waals surface area contributed by atoms with Crippen LogP contribution in [0.4, 0.5) is 4.79 Å². The second-order valence-electron chi connectivity index (χ2n) is 13.2. The molecular formula is C33H46N2O6. The normalized spacial score (nSPS) is 19.7. The van der Waals surface area contributed by atoms with Gasteiger partial charge < -0.3 is 29.9 Å². The van der Waals surface area contributed by atoms with E-state index < -0.39 is 22.7 Å². The van der Waals surface area contributed by atoms with Gasteiger partial charge in [0.1, 0.15) is 11.2 Å². The number of nitrogens with zero attached hydrogens (tertiary/aromatic N) is 1. The molecule has 1 unspecified atom stereocenters. The minimum Gasteiger partial charge on any atom is -0.444 e. The van der Waals surface area contributed by atoms with Crippen LogP contribution in [0.3, 0.4) is 0 Å². The Balaban J connectivity index is 1.66. The second-order valence-corrected chi connectivity index (χ2v) is 13.2. The number of carbonyl (C=O) groups is 2. The Morgan fingerprint density at radius 2 is 1.71 bits per heavy atom. The smallest absolute Gasteiger partial charge is 0.410 e. The molecule has 0 saturated carbocycles. The minimum absolute atomic E-state index is 0.144. The molecule has 0 aliphatic carbocycles. The summed E-state index contributed by atoms with van der Waals surface area (Å²) in [5.74, 6) is 0.176. The van der Waals surface area contributed by atoms with E-state index in [-0.39, 0.29) is 37.6 Å². The lowest BCUT2D eigenvalue weighted by molar-refractivity contribution is -0.131. The first kappa shape index (κ1) is 31.0. The Morgan fingerprint density at radius 3 is 2.27 bits per heavy atom. The predicted octanol–water partition coefficient (Wildman–Crippen LogP) is 4.82. The molecule has 2 aromatic rings. The summed E-state index contributed by atoms with van der Waals surface area (Å²) in [6.07, 6.45) is 1.15. The van der Waals surface area contributed by atoms with Crippen LogP contribution in [0.25, 0.3) is 0 Å². The van der Waals surface area contributed by atoms with Crippen LogP contribution < -0.4 is 5.32 Å². The third-order valence-corrected chi connectivity index (χ3v) is 8.49. The van der Waals surface area contributed by atoms with E-state index in [0.29, 0.717) is 35.8 Å². The molecule has 3 N–H and O–H groups in total. The number of carbonyl (C=O) groups excluding carboxylic acids is 2. The summed E-state index contributed by atoms with van der Waals surface area (Å²) < 4.78 is 11.0. The maximum Gasteiger partial charge on any atom is 0.410 e. The van der Waals surface area contributed by atoms with E-state index in [0.717, 1.165) is 18.4 Å². The fraction of sp³-hybridized carbons (Fsp3) is 0.576. The third-order valence-electron chi connectivity index (χ3n) is 8.49. The van der Waals surface area contributed by atoms with Crippen LogP contribution in [0.1, 0.15) is 87.4 Å². The molecule has 2 heterocycles. The van der Waals surface area contributed by atoms with Gasteiger partial charge in [0, 0.05) is 37.3 Å². The lowest BCUT2D eigenvalue weighted by Crippen LogP contribution is -2.66. The number of likely N-dealkylation sites (tertiary alicyclic amines) is 1. The fourth-order valence-electron chi connectivity index (χ4n) is 6.02. The average Bonchev–Trinajstić information content (AvgIpc) is 2.93. The molecule has 8 heteroatoms. The van der Waals surface area contributed by atoms with Crippen molar-refractivity contribution in [1.82, 2.24) is 10.2 Å². The van der Waals surface area contributed by atoms with Gasteiger partial charge in [0.15, 0.2) is 0 Å². The van der Waals surface area contributed by atoms with Crippen LogP contribution in [-0.4, -0.2) is 71.7 Å². The molecule has 0 bridgehead atoms. The Hall–Kier alpha value is -2.94. The van der Waals surface area contributed by atoms with Crippen molar-refractivity contribution in [3.8, 4) is 0 Å². The third kappa shape index (κ3) is 6.60. The fourth-order valence-corrected chi connectivity index (χ4v) is 6.02. The molecule has 2 fully saturated rings. The van der Waals surface area contributed by atoms with Gasteiger partial charge in [0.05, 0.1) is 12.6 Å². The first-order chi connectivity index (χ1) is 19.3. The van der Waals surface area contributed by atoms with Crippen molar-refractivity contribution in [1.29, 1.82) is 0 Å². The zero-order valence-electron chi connectivity index (χ0n) is 25.3. The molecule has 41 heavy (non-hydrogen) atoms. The summed E-state index contributed by atoms with van der Waals surface area (Å²) >= 11 is 0. The highest BCUT2D eigenvalue weighted by atomic mass is 16.6. The van der Waals surface area contributed by atoms with Gasteiger partial charge in [-0.3, -0.25) is 4.79 Å². The SMILES string of the molecule is CC(C)c1ccc([C@](O)(c2cccc(C(=O)NC(CO)C3CCOCC3)c2)C2(C)CN(C(=O)OC(C)(C)C)C2)cc1. The molecule has 2 aliphatic rings. The van der Waals surface area contributed by atoms with Crippen molar-refractivity contribution in [3.63, 3.8) is 0 Å². The average molecular weight is 567 g/mol. The number of aliphatic hydroxyl groups excluding tert-OH is 1. The second kappa shape index (κ2) is 12.1. The number of aliphatic hydroxyl groups is 2. The Kier molecular flexibility index (Phi) is 9.16. The highest BCUT2D eigenvalue weighted by Gasteiger charge is 2.58. The van der Waals surface area contributed by atoms with Gasteiger partial charge in [-0.2, -0.15) is 0 Å². The van der Waals surface area contributed by atoms with Gasteiger partial charge in [0.2, 0.25) is 0 Å². The van der Waals surface area contributed by atoms with E-state index in [2.05, 4.69) is 19.2 Å². The van der Waals surface area contributed by atoms with Crippen LogP contribution in [0.2, 0.25) is 0 Å². The number of amides is 2. The first-order valence-electron chi connectivity index (χ1n) is 14.7. The van der Waals surface area contributed by atoms with Crippen LogP contribution in [0, 0.1) is 11.3 Å². The van der Waals surface area contributed by atoms with Crippen molar-refractivity contribution in [3.05, 3.63) is 70.8 Å². The molecule has 2 atom stereocenters. The quantitative estimate of drug-likeness (QED) is 0.423. The summed E-state index contributed by atoms with van der Waals surface area (Å²) in [5, 5.41) is 25.7. The van der Waals surface area contributed by atoms with E-state index in [9.17, 15) is 19.8 Å². The summed E-state index contributed by atoms with van der Waals surface area (Å²) in [5.41, 5.74) is -0.0341. The number of nitrogens with one attached hydrogen (secondary N) is 1. The molecule has 0 radical (unpaired) electrons. The molecule has 8 nitrogen and oxygen atoms in total. The first-order valence-corrected chi connectivity index (χ1v) is 14.7. The summed E-state index contributed by atoms with van der Waals surface area (Å²) in [4.78, 5) is 27.8. The standard InChI is InChI=1S/C33H46N2O6/c1-22(2)23-10-12-26(13-11-23)33(39,32(6)20-35(21-32)30(38)41-31(3,4)5)27-9-7-8-25(18-27)29(37)34-28(19-36)24-14-16-40-17-15-24/h7-13,18,22,24,28,36,39H,14-17,19-21H2,1-6H3,(H,34,37)/t28?,33-/m0/s1. The van der Waals surface area contributed by atoms with Crippen molar-refractivity contribution in [2.75, 3.05) is 32.9 Å². The number of hydrogen-bond donors (Lipinski definition) is 3. The number of ether oxygens (including phenoxy) is 2. The minimum atomic E-state index is -1.49. The Bertz CT molecular complexity index is 1210. The maximum atomic E-state index is 13.4. The largest absolute Gasteiger partial charge is 0.444 e. The van der Waals surface area contributed by atoms with Gasteiger partial charge in [-0.25, -0.2) is 4.79 Å². The molecule has 224 valence electrons. The summed E-state index contributed by atoms with van der Waals surface area (Å²) in [7, 11) is 0. The predicted molar refractivity (Wildman–Crippen MR) is 158 cm³/mol. The molecule has 4 rings (SSSR count). The Morgan fingerprint density at radius 1 is 1.07 bits per heavy atom. The maximum absolute atomic E-state index is 13.4. The molecule has 0 aromatic heterocycles. The molecule has 0 spiro atoms. The molecular weight excluding hydrogens is 520 g/mol. The zero-order chi connectivity index (χ0) is 30.0.